The summed E-state index contributed by atoms with van der Waals surface area (Å²) in [6.07, 6.45) is 2.82. The van der Waals surface area contributed by atoms with E-state index in [1.807, 2.05) is 24.3 Å². The second kappa shape index (κ2) is 5.91. The first kappa shape index (κ1) is 13.5. The topological polar surface area (TPSA) is 51.0 Å². The van der Waals surface area contributed by atoms with Gasteiger partial charge in [0.05, 0.1) is 16.1 Å². The summed E-state index contributed by atoms with van der Waals surface area (Å²) in [5, 5.41) is 9.01. The Morgan fingerprint density at radius 2 is 2.35 bits per heavy atom. The average molecular weight is 308 g/mol. The maximum absolute atomic E-state index is 6.17. The van der Waals surface area contributed by atoms with Gasteiger partial charge >= 0.3 is 0 Å². The Hall–Kier alpha value is -1.43. The van der Waals surface area contributed by atoms with Crippen molar-refractivity contribution < 1.29 is 4.42 Å². The van der Waals surface area contributed by atoms with Gasteiger partial charge in [-0.2, -0.15) is 0 Å². The molecule has 2 aromatic heterocycles. The van der Waals surface area contributed by atoms with Crippen molar-refractivity contribution >= 4 is 34.1 Å². The third kappa shape index (κ3) is 2.57. The molecule has 20 heavy (non-hydrogen) atoms. The van der Waals surface area contributed by atoms with Crippen molar-refractivity contribution in [1.82, 2.24) is 14.9 Å². The lowest BCUT2D eigenvalue weighted by Crippen LogP contribution is -2.21. The van der Waals surface area contributed by atoms with Crippen molar-refractivity contribution in [3.05, 3.63) is 46.1 Å². The van der Waals surface area contributed by atoms with E-state index in [1.54, 1.807) is 6.20 Å². The van der Waals surface area contributed by atoms with Crippen LogP contribution < -0.4 is 5.32 Å². The molecule has 0 fully saturated rings. The minimum absolute atomic E-state index is 0.0292. The predicted octanol–water partition coefficient (Wildman–Crippen LogP) is 4.03. The highest BCUT2D eigenvalue weighted by molar-refractivity contribution is 7.05. The first-order valence-electron chi connectivity index (χ1n) is 6.48. The minimum Gasteiger partial charge on any atom is -0.457 e. The van der Waals surface area contributed by atoms with Crippen LogP contribution in [0, 0.1) is 0 Å². The highest BCUT2D eigenvalue weighted by atomic mass is 35.5. The lowest BCUT2D eigenvalue weighted by Gasteiger charge is -2.13. The van der Waals surface area contributed by atoms with Crippen LogP contribution in [0.1, 0.15) is 30.0 Å². The zero-order valence-corrected chi connectivity index (χ0v) is 12.5. The van der Waals surface area contributed by atoms with Gasteiger partial charge in [-0.15, -0.1) is 5.10 Å². The molecule has 0 spiro atoms. The van der Waals surface area contributed by atoms with Crippen molar-refractivity contribution in [3.63, 3.8) is 0 Å². The minimum atomic E-state index is -0.0292. The highest BCUT2D eigenvalue weighted by Crippen LogP contribution is 2.32. The molecule has 4 nitrogen and oxygen atoms in total. The van der Waals surface area contributed by atoms with Crippen LogP contribution in [0.15, 0.2) is 34.9 Å². The van der Waals surface area contributed by atoms with Crippen LogP contribution in [-0.2, 0) is 0 Å². The first-order valence-corrected chi connectivity index (χ1v) is 7.63. The molecule has 6 heteroatoms. The standard InChI is InChI=1S/C14H14ClN3OS/c1-2-6-16-13(12-8-17-18-20-12)11-7-9-4-3-5-10(15)14(9)19-11/h3-5,7-8,13,16H,2,6H2,1H3. The van der Waals surface area contributed by atoms with Gasteiger partial charge in [0.2, 0.25) is 0 Å². The second-order valence-electron chi connectivity index (χ2n) is 4.51. The monoisotopic (exact) mass is 307 g/mol. The maximum atomic E-state index is 6.17. The van der Waals surface area contributed by atoms with Crippen molar-refractivity contribution in [2.45, 2.75) is 19.4 Å². The maximum Gasteiger partial charge on any atom is 0.152 e. The SMILES string of the molecule is CCCNC(c1cc2cccc(Cl)c2o1)c1cnns1. The Kier molecular flexibility index (Phi) is 4.00. The van der Waals surface area contributed by atoms with Gasteiger partial charge in [-0.1, -0.05) is 35.1 Å². The normalized spacial score (nSPS) is 12.9. The number of halogens is 1. The molecule has 0 saturated heterocycles. The number of aromatic nitrogens is 2. The molecular formula is C14H14ClN3OS. The van der Waals surface area contributed by atoms with Crippen molar-refractivity contribution in [1.29, 1.82) is 0 Å². The zero-order valence-electron chi connectivity index (χ0n) is 11.0. The third-order valence-corrected chi connectivity index (χ3v) is 4.09. The van der Waals surface area contributed by atoms with E-state index < -0.39 is 0 Å². The fourth-order valence-corrected chi connectivity index (χ4v) is 2.93. The molecule has 0 amide bonds. The zero-order chi connectivity index (χ0) is 13.9. The van der Waals surface area contributed by atoms with Crippen molar-refractivity contribution in [3.8, 4) is 0 Å². The molecule has 0 radical (unpaired) electrons. The van der Waals surface area contributed by atoms with Gasteiger partial charge in [-0.25, -0.2) is 0 Å². The van der Waals surface area contributed by atoms with Crippen LogP contribution in [0.4, 0.5) is 0 Å². The van der Waals surface area contributed by atoms with Crippen molar-refractivity contribution in [2.75, 3.05) is 6.54 Å². The molecular weight excluding hydrogens is 294 g/mol. The van der Waals surface area contributed by atoms with E-state index in [9.17, 15) is 0 Å². The number of furan rings is 1. The van der Waals surface area contributed by atoms with Gasteiger partial charge in [-0.3, -0.25) is 0 Å². The van der Waals surface area contributed by atoms with Gasteiger partial charge in [0, 0.05) is 5.39 Å². The Balaban J connectivity index is 2.02. The summed E-state index contributed by atoms with van der Waals surface area (Å²) in [6.45, 7) is 3.03. The number of rotatable bonds is 5. The Morgan fingerprint density at radius 3 is 3.05 bits per heavy atom. The lowest BCUT2D eigenvalue weighted by molar-refractivity contribution is 0.473. The largest absolute Gasteiger partial charge is 0.457 e. The fourth-order valence-electron chi connectivity index (χ4n) is 2.12. The van der Waals surface area contributed by atoms with E-state index in [4.69, 9.17) is 16.0 Å². The van der Waals surface area contributed by atoms with Crippen LogP contribution in [0.2, 0.25) is 5.02 Å². The summed E-state index contributed by atoms with van der Waals surface area (Å²) >= 11 is 7.54. The lowest BCUT2D eigenvalue weighted by atomic mass is 10.1. The van der Waals surface area contributed by atoms with Gasteiger partial charge < -0.3 is 9.73 Å². The summed E-state index contributed by atoms with van der Waals surface area (Å²) in [5.74, 6) is 0.840. The first-order chi connectivity index (χ1) is 9.79. The van der Waals surface area contributed by atoms with Crippen LogP contribution >= 0.6 is 23.1 Å². The third-order valence-electron chi connectivity index (χ3n) is 3.06. The molecule has 3 aromatic rings. The summed E-state index contributed by atoms with van der Waals surface area (Å²) in [5.41, 5.74) is 0.727. The Bertz CT molecular complexity index is 696. The molecule has 1 unspecified atom stereocenters. The van der Waals surface area contributed by atoms with Gasteiger partial charge in [-0.05, 0) is 36.6 Å². The van der Waals surface area contributed by atoms with Gasteiger partial charge in [0.25, 0.3) is 0 Å². The molecule has 104 valence electrons. The van der Waals surface area contributed by atoms with Gasteiger partial charge in [0.1, 0.15) is 11.8 Å². The molecule has 0 aliphatic carbocycles. The molecule has 2 heterocycles. The molecule has 1 aromatic carbocycles. The van der Waals surface area contributed by atoms with Crippen LogP contribution in [0.25, 0.3) is 11.0 Å². The van der Waals surface area contributed by atoms with Crippen LogP contribution in [0.3, 0.4) is 0 Å². The van der Waals surface area contributed by atoms with Gasteiger partial charge in [0.15, 0.2) is 5.58 Å². The number of hydrogen-bond donors (Lipinski definition) is 1. The Labute approximate surface area is 125 Å². The van der Waals surface area contributed by atoms with E-state index in [0.717, 1.165) is 34.6 Å². The Morgan fingerprint density at radius 1 is 1.45 bits per heavy atom. The molecule has 0 aliphatic heterocycles. The highest BCUT2D eigenvalue weighted by Gasteiger charge is 2.20. The van der Waals surface area contributed by atoms with E-state index in [0.29, 0.717) is 5.02 Å². The van der Waals surface area contributed by atoms with E-state index in [2.05, 4.69) is 21.8 Å². The van der Waals surface area contributed by atoms with E-state index >= 15 is 0 Å². The quantitative estimate of drug-likeness (QED) is 0.773. The molecule has 0 bridgehead atoms. The van der Waals surface area contributed by atoms with Crippen LogP contribution in [-0.4, -0.2) is 16.1 Å². The number of nitrogens with zero attached hydrogens (tertiary/aromatic N) is 2. The summed E-state index contributed by atoms with van der Waals surface area (Å²) in [6, 6.07) is 7.75. The van der Waals surface area contributed by atoms with E-state index in [-0.39, 0.29) is 6.04 Å². The second-order valence-corrected chi connectivity index (χ2v) is 5.74. The average Bonchev–Trinajstić information content (AvgIpc) is 3.09. The number of para-hydroxylation sites is 1. The molecule has 1 atom stereocenters. The summed E-state index contributed by atoms with van der Waals surface area (Å²) in [4.78, 5) is 1.04. The number of nitrogens with one attached hydrogen (secondary N) is 1. The summed E-state index contributed by atoms with van der Waals surface area (Å²) < 4.78 is 9.87. The molecule has 0 saturated carbocycles. The summed E-state index contributed by atoms with van der Waals surface area (Å²) in [7, 11) is 0. The number of fused-ring (bicyclic) bond motifs is 1. The smallest absolute Gasteiger partial charge is 0.152 e. The van der Waals surface area contributed by atoms with E-state index in [1.165, 1.54) is 11.5 Å². The molecule has 0 aliphatic rings. The predicted molar refractivity (Wildman–Crippen MR) is 81.3 cm³/mol. The number of hydrogen-bond acceptors (Lipinski definition) is 5. The molecule has 3 rings (SSSR count). The number of benzene rings is 1. The molecule has 1 N–H and O–H groups in total. The van der Waals surface area contributed by atoms with Crippen molar-refractivity contribution in [2.24, 2.45) is 0 Å². The van der Waals surface area contributed by atoms with Crippen LogP contribution in [0.5, 0.6) is 0 Å². The fraction of sp³-hybridized carbons (Fsp3) is 0.286.